The van der Waals surface area contributed by atoms with Crippen LogP contribution in [-0.4, -0.2) is 25.6 Å². The number of hydrogen-bond acceptors (Lipinski definition) is 4. The molecule has 2 N–H and O–H groups in total. The first-order chi connectivity index (χ1) is 9.95. The Balaban J connectivity index is 1.76. The summed E-state index contributed by atoms with van der Waals surface area (Å²) >= 11 is 0. The quantitative estimate of drug-likeness (QED) is 0.839. The zero-order chi connectivity index (χ0) is 15.0. The van der Waals surface area contributed by atoms with E-state index in [2.05, 4.69) is 0 Å². The van der Waals surface area contributed by atoms with E-state index in [1.54, 1.807) is 4.57 Å². The van der Waals surface area contributed by atoms with Crippen molar-refractivity contribution in [3.8, 4) is 0 Å². The smallest absolute Gasteiger partial charge is 0.355 e. The molecule has 0 bridgehead atoms. The van der Waals surface area contributed by atoms with Crippen LogP contribution in [-0.2, 0) is 14.8 Å². The van der Waals surface area contributed by atoms with Crippen molar-refractivity contribution < 1.29 is 17.9 Å². The molecule has 0 amide bonds. The zero-order valence-corrected chi connectivity index (χ0v) is 12.6. The van der Waals surface area contributed by atoms with Crippen molar-refractivity contribution in [3.05, 3.63) is 18.0 Å². The standard InChI is InChI=1S/C14H20N2O4S/c15-21(18,19)12-7-13(16(8-12)11-5-6-11)14(17)20-9-10-3-1-2-4-10/h7-8,10-11H,1-6,9H2,(H2,15,18,19). The SMILES string of the molecule is NS(=O)(=O)c1cc(C(=O)OCC2CCCC2)n(C2CC2)c1. The van der Waals surface area contributed by atoms with Crippen LogP contribution in [0.15, 0.2) is 17.2 Å². The van der Waals surface area contributed by atoms with E-state index in [0.29, 0.717) is 18.2 Å². The minimum absolute atomic E-state index is 0.0257. The molecule has 0 radical (unpaired) electrons. The molecule has 0 aromatic carbocycles. The van der Waals surface area contributed by atoms with Crippen molar-refractivity contribution in [1.82, 2.24) is 4.57 Å². The molecule has 116 valence electrons. The Morgan fingerprint density at radius 1 is 1.29 bits per heavy atom. The Kier molecular flexibility index (Phi) is 3.79. The highest BCUT2D eigenvalue weighted by Gasteiger charge is 2.30. The zero-order valence-electron chi connectivity index (χ0n) is 11.8. The number of nitrogens with zero attached hydrogens (tertiary/aromatic N) is 1. The summed E-state index contributed by atoms with van der Waals surface area (Å²) in [5, 5.41) is 5.14. The summed E-state index contributed by atoms with van der Waals surface area (Å²) in [7, 11) is -3.80. The van der Waals surface area contributed by atoms with Crippen molar-refractivity contribution in [2.45, 2.75) is 49.5 Å². The van der Waals surface area contributed by atoms with E-state index in [4.69, 9.17) is 9.88 Å². The molecule has 0 aliphatic heterocycles. The average Bonchev–Trinajstić information content (AvgIpc) is 2.96. The van der Waals surface area contributed by atoms with Gasteiger partial charge in [-0.1, -0.05) is 12.8 Å². The second-order valence-corrected chi connectivity index (χ2v) is 7.55. The van der Waals surface area contributed by atoms with Gasteiger partial charge in [-0.15, -0.1) is 0 Å². The molecule has 0 unspecified atom stereocenters. The Morgan fingerprint density at radius 2 is 1.95 bits per heavy atom. The normalized spacial score (nSPS) is 19.9. The first-order valence-corrected chi connectivity index (χ1v) is 8.91. The molecule has 3 rings (SSSR count). The second kappa shape index (κ2) is 5.46. The van der Waals surface area contributed by atoms with Crippen molar-refractivity contribution in [1.29, 1.82) is 0 Å². The van der Waals surface area contributed by atoms with E-state index in [0.717, 1.165) is 25.7 Å². The van der Waals surface area contributed by atoms with Crippen LogP contribution in [0.25, 0.3) is 0 Å². The third-order valence-corrected chi connectivity index (χ3v) is 5.11. The van der Waals surface area contributed by atoms with Crippen molar-refractivity contribution in [2.75, 3.05) is 6.61 Å². The monoisotopic (exact) mass is 312 g/mol. The fourth-order valence-electron chi connectivity index (χ4n) is 2.87. The van der Waals surface area contributed by atoms with Gasteiger partial charge in [-0.3, -0.25) is 0 Å². The summed E-state index contributed by atoms with van der Waals surface area (Å²) in [5.74, 6) is -0.0142. The van der Waals surface area contributed by atoms with E-state index < -0.39 is 16.0 Å². The molecule has 2 aliphatic carbocycles. The lowest BCUT2D eigenvalue weighted by Gasteiger charge is -2.11. The molecule has 1 aromatic rings. The topological polar surface area (TPSA) is 91.4 Å². The molecule has 0 saturated heterocycles. The van der Waals surface area contributed by atoms with E-state index >= 15 is 0 Å². The van der Waals surface area contributed by atoms with Crippen LogP contribution >= 0.6 is 0 Å². The van der Waals surface area contributed by atoms with Crippen molar-refractivity contribution in [3.63, 3.8) is 0 Å². The largest absolute Gasteiger partial charge is 0.461 e. The van der Waals surface area contributed by atoms with Gasteiger partial charge in [-0.2, -0.15) is 0 Å². The van der Waals surface area contributed by atoms with E-state index in [-0.39, 0.29) is 10.9 Å². The molecule has 0 atom stereocenters. The molecule has 0 spiro atoms. The van der Waals surface area contributed by atoms with Crippen LogP contribution in [0, 0.1) is 5.92 Å². The number of ether oxygens (including phenoxy) is 1. The number of carbonyl (C=O) groups excluding carboxylic acids is 1. The highest BCUT2D eigenvalue weighted by molar-refractivity contribution is 7.89. The van der Waals surface area contributed by atoms with Gasteiger partial charge in [0.25, 0.3) is 0 Å². The first kappa shape index (κ1) is 14.6. The molecule has 2 fully saturated rings. The molecule has 2 saturated carbocycles. The first-order valence-electron chi connectivity index (χ1n) is 7.37. The van der Waals surface area contributed by atoms with Gasteiger partial charge < -0.3 is 9.30 Å². The average molecular weight is 312 g/mol. The minimum atomic E-state index is -3.80. The highest BCUT2D eigenvalue weighted by atomic mass is 32.2. The maximum Gasteiger partial charge on any atom is 0.355 e. The third kappa shape index (κ3) is 3.29. The molecular formula is C14H20N2O4S. The fraction of sp³-hybridized carbons (Fsp3) is 0.643. The maximum atomic E-state index is 12.2. The molecular weight excluding hydrogens is 292 g/mol. The van der Waals surface area contributed by atoms with Gasteiger partial charge in [0.15, 0.2) is 0 Å². The Bertz CT molecular complexity index is 640. The lowest BCUT2D eigenvalue weighted by Crippen LogP contribution is -2.15. The summed E-state index contributed by atoms with van der Waals surface area (Å²) in [5.41, 5.74) is 0.291. The van der Waals surface area contributed by atoms with Gasteiger partial charge in [0.2, 0.25) is 10.0 Å². The number of hydrogen-bond donors (Lipinski definition) is 1. The maximum absolute atomic E-state index is 12.2. The minimum Gasteiger partial charge on any atom is -0.461 e. The molecule has 1 aromatic heterocycles. The molecule has 7 heteroatoms. The summed E-state index contributed by atoms with van der Waals surface area (Å²) in [6.45, 7) is 0.416. The van der Waals surface area contributed by atoms with Crippen LogP contribution < -0.4 is 5.14 Å². The number of aromatic nitrogens is 1. The third-order valence-electron chi connectivity index (χ3n) is 4.23. The number of rotatable bonds is 5. The Labute approximate surface area is 124 Å². The van der Waals surface area contributed by atoms with Gasteiger partial charge in [-0.05, 0) is 37.7 Å². The molecule has 1 heterocycles. The Morgan fingerprint density at radius 3 is 2.52 bits per heavy atom. The summed E-state index contributed by atoms with van der Waals surface area (Å²) in [4.78, 5) is 12.2. The van der Waals surface area contributed by atoms with E-state index in [1.807, 2.05) is 0 Å². The van der Waals surface area contributed by atoms with Gasteiger partial charge in [0.1, 0.15) is 10.6 Å². The van der Waals surface area contributed by atoms with Crippen LogP contribution in [0.4, 0.5) is 0 Å². The predicted molar refractivity (Wildman–Crippen MR) is 76.3 cm³/mol. The van der Waals surface area contributed by atoms with Gasteiger partial charge >= 0.3 is 5.97 Å². The summed E-state index contributed by atoms with van der Waals surface area (Å²) < 4.78 is 29.9. The highest BCUT2D eigenvalue weighted by Crippen LogP contribution is 2.37. The van der Waals surface area contributed by atoms with E-state index in [9.17, 15) is 13.2 Å². The van der Waals surface area contributed by atoms with Crippen LogP contribution in [0.3, 0.4) is 0 Å². The van der Waals surface area contributed by atoms with Gasteiger partial charge in [-0.25, -0.2) is 18.4 Å². The summed E-state index contributed by atoms with van der Waals surface area (Å²) in [6.07, 6.45) is 7.91. The molecule has 21 heavy (non-hydrogen) atoms. The van der Waals surface area contributed by atoms with Crippen molar-refractivity contribution >= 4 is 16.0 Å². The van der Waals surface area contributed by atoms with Crippen LogP contribution in [0.1, 0.15) is 55.1 Å². The number of carbonyl (C=O) groups is 1. The number of nitrogens with two attached hydrogens (primary N) is 1. The molecule has 6 nitrogen and oxygen atoms in total. The van der Waals surface area contributed by atoms with E-state index in [1.165, 1.54) is 25.1 Å². The lowest BCUT2D eigenvalue weighted by atomic mass is 10.1. The van der Waals surface area contributed by atoms with Gasteiger partial charge in [0.05, 0.1) is 6.61 Å². The van der Waals surface area contributed by atoms with Crippen molar-refractivity contribution in [2.24, 2.45) is 11.1 Å². The second-order valence-electron chi connectivity index (χ2n) is 5.99. The molecule has 2 aliphatic rings. The number of esters is 1. The Hall–Kier alpha value is -1.34. The lowest BCUT2D eigenvalue weighted by molar-refractivity contribution is 0.0430. The van der Waals surface area contributed by atoms with Gasteiger partial charge in [0, 0.05) is 12.2 Å². The summed E-state index contributed by atoms with van der Waals surface area (Å²) in [6, 6.07) is 1.51. The number of sulfonamides is 1. The fourth-order valence-corrected chi connectivity index (χ4v) is 3.41. The van der Waals surface area contributed by atoms with Crippen LogP contribution in [0.2, 0.25) is 0 Å². The number of primary sulfonamides is 1. The predicted octanol–water partition coefficient (Wildman–Crippen LogP) is 1.82. The van der Waals surface area contributed by atoms with Crippen LogP contribution in [0.5, 0.6) is 0 Å².